The fourth-order valence-corrected chi connectivity index (χ4v) is 5.38. The Hall–Kier alpha value is -3.17. The molecule has 10 heteroatoms. The number of fused-ring (bicyclic) bond motifs is 1. The van der Waals surface area contributed by atoms with Crippen LogP contribution in [-0.4, -0.2) is 56.9 Å². The van der Waals surface area contributed by atoms with Crippen molar-refractivity contribution in [2.75, 3.05) is 18.8 Å². The SMILES string of the molecule is CC(C1CC1)N1Cc2cc(-c3cnc(N)c(C4CN(C(=O)C5(C(F)(F)F)CC5)C4)n3)ccc2C1=O. The van der Waals surface area contributed by atoms with Gasteiger partial charge in [-0.3, -0.25) is 9.59 Å². The zero-order valence-electron chi connectivity index (χ0n) is 19.3. The normalized spacial score (nSPS) is 22.1. The summed E-state index contributed by atoms with van der Waals surface area (Å²) >= 11 is 0. The van der Waals surface area contributed by atoms with Crippen LogP contribution in [0.25, 0.3) is 11.3 Å². The monoisotopic (exact) mass is 485 g/mol. The van der Waals surface area contributed by atoms with Crippen LogP contribution in [0.1, 0.15) is 60.1 Å². The van der Waals surface area contributed by atoms with Gasteiger partial charge in [0.2, 0.25) is 5.91 Å². The molecule has 4 aliphatic rings. The fraction of sp³-hybridized carbons (Fsp3) is 0.520. The molecule has 35 heavy (non-hydrogen) atoms. The smallest absolute Gasteiger partial charge is 0.382 e. The van der Waals surface area contributed by atoms with Crippen LogP contribution < -0.4 is 5.73 Å². The summed E-state index contributed by atoms with van der Waals surface area (Å²) < 4.78 is 39.9. The van der Waals surface area contributed by atoms with Gasteiger partial charge in [-0.05, 0) is 56.2 Å². The standard InChI is InChI=1S/C25H26F3N5O2/c1-13(14-2-3-14)33-12-16-8-15(4-5-18(16)22(33)34)19-9-30-21(29)20(31-19)17-10-32(11-17)23(35)24(6-7-24)25(26,27)28/h4-5,8-9,13-14,17H,2-3,6-7,10-12H2,1H3,(H2,29,30). The number of alkyl halides is 3. The molecule has 1 unspecified atom stereocenters. The Morgan fingerprint density at radius 1 is 1.23 bits per heavy atom. The number of nitrogens with two attached hydrogens (primary N) is 1. The second-order valence-corrected chi connectivity index (χ2v) is 10.4. The molecule has 2 aliphatic heterocycles. The summed E-state index contributed by atoms with van der Waals surface area (Å²) in [7, 11) is 0. The molecule has 1 aromatic heterocycles. The van der Waals surface area contributed by atoms with Crippen molar-refractivity contribution in [1.29, 1.82) is 0 Å². The van der Waals surface area contributed by atoms with Crippen molar-refractivity contribution in [2.45, 2.75) is 57.3 Å². The van der Waals surface area contributed by atoms with Crippen LogP contribution >= 0.6 is 0 Å². The van der Waals surface area contributed by atoms with E-state index in [-0.39, 0.29) is 49.6 Å². The van der Waals surface area contributed by atoms with E-state index in [1.807, 2.05) is 23.1 Å². The topological polar surface area (TPSA) is 92.4 Å². The summed E-state index contributed by atoms with van der Waals surface area (Å²) in [4.78, 5) is 37.4. The molecule has 0 bridgehead atoms. The van der Waals surface area contributed by atoms with E-state index in [2.05, 4.69) is 16.9 Å². The zero-order valence-corrected chi connectivity index (χ0v) is 19.3. The van der Waals surface area contributed by atoms with Crippen molar-refractivity contribution in [3.63, 3.8) is 0 Å². The van der Waals surface area contributed by atoms with Gasteiger partial charge in [0.25, 0.3) is 5.91 Å². The van der Waals surface area contributed by atoms with E-state index in [4.69, 9.17) is 5.73 Å². The van der Waals surface area contributed by atoms with Crippen molar-refractivity contribution in [1.82, 2.24) is 19.8 Å². The molecule has 1 aromatic carbocycles. The Balaban J connectivity index is 1.19. The third-order valence-corrected chi connectivity index (χ3v) is 8.12. The third kappa shape index (κ3) is 3.48. The molecular formula is C25H26F3N5O2. The lowest BCUT2D eigenvalue weighted by Gasteiger charge is -2.41. The quantitative estimate of drug-likeness (QED) is 0.697. The summed E-state index contributed by atoms with van der Waals surface area (Å²) in [6.45, 7) is 2.96. The van der Waals surface area contributed by atoms with Gasteiger partial charge in [0.05, 0.1) is 17.6 Å². The number of rotatable bonds is 5. The van der Waals surface area contributed by atoms with E-state index >= 15 is 0 Å². The predicted octanol–water partition coefficient (Wildman–Crippen LogP) is 3.75. The predicted molar refractivity (Wildman–Crippen MR) is 121 cm³/mol. The molecule has 2 N–H and O–H groups in total. The number of aromatic nitrogens is 2. The number of halogens is 3. The molecule has 2 amide bonds. The highest BCUT2D eigenvalue weighted by Crippen LogP contribution is 2.59. The van der Waals surface area contributed by atoms with Crippen molar-refractivity contribution in [3.05, 3.63) is 41.2 Å². The number of nitrogen functional groups attached to an aromatic ring is 1. The lowest BCUT2D eigenvalue weighted by molar-refractivity contribution is -0.201. The van der Waals surface area contributed by atoms with E-state index in [0.29, 0.717) is 29.4 Å². The first kappa shape index (κ1) is 22.3. The molecular weight excluding hydrogens is 459 g/mol. The van der Waals surface area contributed by atoms with Crippen LogP contribution in [0, 0.1) is 11.3 Å². The molecule has 3 fully saturated rings. The molecule has 7 nitrogen and oxygen atoms in total. The Morgan fingerprint density at radius 2 is 1.94 bits per heavy atom. The third-order valence-electron chi connectivity index (χ3n) is 8.12. The van der Waals surface area contributed by atoms with Gasteiger partial charge in [-0.25, -0.2) is 9.97 Å². The molecule has 0 spiro atoms. The average molecular weight is 486 g/mol. The highest BCUT2D eigenvalue weighted by molar-refractivity contribution is 5.99. The largest absolute Gasteiger partial charge is 0.403 e. The highest BCUT2D eigenvalue weighted by atomic mass is 19.4. The first-order chi connectivity index (χ1) is 16.6. The van der Waals surface area contributed by atoms with Gasteiger partial charge in [0, 0.05) is 42.7 Å². The number of likely N-dealkylation sites (tertiary alicyclic amines) is 1. The lowest BCUT2D eigenvalue weighted by atomic mass is 9.92. The summed E-state index contributed by atoms with van der Waals surface area (Å²) in [6.07, 6.45) is -0.923. The highest BCUT2D eigenvalue weighted by Gasteiger charge is 2.70. The second-order valence-electron chi connectivity index (χ2n) is 10.4. The number of amides is 2. The number of hydrogen-bond acceptors (Lipinski definition) is 5. The molecule has 3 heterocycles. The van der Waals surface area contributed by atoms with E-state index in [9.17, 15) is 22.8 Å². The van der Waals surface area contributed by atoms with E-state index in [1.165, 1.54) is 4.90 Å². The van der Waals surface area contributed by atoms with Gasteiger partial charge in [-0.1, -0.05) is 6.07 Å². The molecule has 0 radical (unpaired) electrons. The van der Waals surface area contributed by atoms with Crippen molar-refractivity contribution < 1.29 is 22.8 Å². The minimum Gasteiger partial charge on any atom is -0.382 e. The maximum absolute atomic E-state index is 13.3. The van der Waals surface area contributed by atoms with Crippen LogP contribution in [0.3, 0.4) is 0 Å². The molecule has 184 valence electrons. The number of benzene rings is 1. The first-order valence-corrected chi connectivity index (χ1v) is 12.0. The Morgan fingerprint density at radius 3 is 2.57 bits per heavy atom. The van der Waals surface area contributed by atoms with Crippen LogP contribution in [0.15, 0.2) is 24.4 Å². The number of carbonyl (C=O) groups is 2. The lowest BCUT2D eigenvalue weighted by Crippen LogP contribution is -2.54. The van der Waals surface area contributed by atoms with Crippen LogP contribution in [0.5, 0.6) is 0 Å². The van der Waals surface area contributed by atoms with Gasteiger partial charge in [-0.2, -0.15) is 13.2 Å². The van der Waals surface area contributed by atoms with Crippen LogP contribution in [0.2, 0.25) is 0 Å². The summed E-state index contributed by atoms with van der Waals surface area (Å²) in [6, 6.07) is 5.83. The summed E-state index contributed by atoms with van der Waals surface area (Å²) in [5.41, 5.74) is 7.37. The van der Waals surface area contributed by atoms with Crippen molar-refractivity contribution in [2.24, 2.45) is 11.3 Å². The summed E-state index contributed by atoms with van der Waals surface area (Å²) in [5.74, 6) is -0.262. The number of anilines is 1. The number of carbonyl (C=O) groups excluding carboxylic acids is 2. The van der Waals surface area contributed by atoms with Crippen LogP contribution in [-0.2, 0) is 11.3 Å². The van der Waals surface area contributed by atoms with E-state index in [0.717, 1.165) is 24.0 Å². The molecule has 1 atom stereocenters. The average Bonchev–Trinajstić information content (AvgIpc) is 3.69. The van der Waals surface area contributed by atoms with Gasteiger partial charge < -0.3 is 15.5 Å². The maximum atomic E-state index is 13.3. The molecule has 2 aromatic rings. The first-order valence-electron chi connectivity index (χ1n) is 12.0. The van der Waals surface area contributed by atoms with Crippen LogP contribution in [0.4, 0.5) is 19.0 Å². The Labute approximate surface area is 200 Å². The summed E-state index contributed by atoms with van der Waals surface area (Å²) in [5, 5.41) is 0. The van der Waals surface area contributed by atoms with Gasteiger partial charge in [0.1, 0.15) is 11.2 Å². The Kier molecular flexibility index (Phi) is 4.72. The number of nitrogens with zero attached hydrogens (tertiary/aromatic N) is 4. The van der Waals surface area contributed by atoms with Gasteiger partial charge in [0.15, 0.2) is 0 Å². The maximum Gasteiger partial charge on any atom is 0.403 e. The molecule has 6 rings (SSSR count). The minimum atomic E-state index is -4.52. The Bertz CT molecular complexity index is 1230. The van der Waals surface area contributed by atoms with Crippen molar-refractivity contribution in [3.8, 4) is 11.3 Å². The fourth-order valence-electron chi connectivity index (χ4n) is 5.38. The van der Waals surface area contributed by atoms with Gasteiger partial charge in [-0.15, -0.1) is 0 Å². The van der Waals surface area contributed by atoms with E-state index in [1.54, 1.807) is 6.20 Å². The second kappa shape index (κ2) is 7.41. The molecule has 1 saturated heterocycles. The number of hydrogen-bond donors (Lipinski definition) is 1. The minimum absolute atomic E-state index is 0.0570. The molecule has 2 saturated carbocycles. The van der Waals surface area contributed by atoms with Gasteiger partial charge >= 0.3 is 6.18 Å². The van der Waals surface area contributed by atoms with E-state index < -0.39 is 17.5 Å². The van der Waals surface area contributed by atoms with Crippen molar-refractivity contribution >= 4 is 17.6 Å². The zero-order chi connectivity index (χ0) is 24.7. The molecule has 2 aliphatic carbocycles.